The molecule has 1 saturated heterocycles. The normalized spacial score (nSPS) is 17.8. The lowest BCUT2D eigenvalue weighted by atomic mass is 9.99. The first-order valence-electron chi connectivity index (χ1n) is 9.35. The molecule has 29 heavy (non-hydrogen) atoms. The van der Waals surface area contributed by atoms with Crippen LogP contribution in [0.1, 0.15) is 26.2 Å². The number of amides is 1. The molecule has 1 aliphatic heterocycles. The molecule has 0 bridgehead atoms. The SMILES string of the molecule is CCCSc1nnc(NC(=O)[C@H]2CCCN(S(=O)(=O)c3ccc(OC)cc3)C2)s1. The van der Waals surface area contributed by atoms with E-state index in [0.29, 0.717) is 30.3 Å². The quantitative estimate of drug-likeness (QED) is 0.481. The van der Waals surface area contributed by atoms with Crippen molar-refractivity contribution in [1.82, 2.24) is 14.5 Å². The van der Waals surface area contributed by atoms with E-state index in [1.165, 1.54) is 34.9 Å². The van der Waals surface area contributed by atoms with Gasteiger partial charge in [-0.25, -0.2) is 8.42 Å². The molecule has 3 rings (SSSR count). The molecule has 2 aromatic rings. The predicted molar refractivity (Wildman–Crippen MR) is 114 cm³/mol. The van der Waals surface area contributed by atoms with Gasteiger partial charge in [0, 0.05) is 18.8 Å². The summed E-state index contributed by atoms with van der Waals surface area (Å²) in [6.07, 6.45) is 2.30. The molecule has 1 atom stereocenters. The molecule has 158 valence electrons. The Hall–Kier alpha value is -1.69. The molecule has 8 nitrogen and oxygen atoms in total. The summed E-state index contributed by atoms with van der Waals surface area (Å²) in [6, 6.07) is 6.28. The van der Waals surface area contributed by atoms with E-state index >= 15 is 0 Å². The van der Waals surface area contributed by atoms with Gasteiger partial charge in [-0.05, 0) is 43.5 Å². The number of aromatic nitrogens is 2. The number of nitrogens with one attached hydrogen (secondary N) is 1. The number of piperidine rings is 1. The Morgan fingerprint density at radius 2 is 2.10 bits per heavy atom. The molecular weight excluding hydrogens is 432 g/mol. The minimum absolute atomic E-state index is 0.149. The van der Waals surface area contributed by atoms with E-state index in [-0.39, 0.29) is 17.3 Å². The Morgan fingerprint density at radius 3 is 2.79 bits per heavy atom. The van der Waals surface area contributed by atoms with Gasteiger partial charge in [0.25, 0.3) is 0 Å². The maximum absolute atomic E-state index is 12.9. The van der Waals surface area contributed by atoms with Gasteiger partial charge in [0.15, 0.2) is 4.34 Å². The number of nitrogens with zero attached hydrogens (tertiary/aromatic N) is 3. The lowest BCUT2D eigenvalue weighted by molar-refractivity contribution is -0.120. The summed E-state index contributed by atoms with van der Waals surface area (Å²) < 4.78 is 33.2. The monoisotopic (exact) mass is 456 g/mol. The van der Waals surface area contributed by atoms with Crippen molar-refractivity contribution >= 4 is 44.2 Å². The Labute approximate surface area is 179 Å². The fourth-order valence-electron chi connectivity index (χ4n) is 2.99. The highest BCUT2D eigenvalue weighted by molar-refractivity contribution is 8.01. The molecule has 0 aliphatic carbocycles. The number of hydrogen-bond donors (Lipinski definition) is 1. The van der Waals surface area contributed by atoms with Crippen LogP contribution in [0.25, 0.3) is 0 Å². The van der Waals surface area contributed by atoms with Gasteiger partial charge in [-0.15, -0.1) is 10.2 Å². The van der Waals surface area contributed by atoms with Crippen molar-refractivity contribution in [3.63, 3.8) is 0 Å². The molecule has 1 aromatic carbocycles. The van der Waals surface area contributed by atoms with Gasteiger partial charge < -0.3 is 10.1 Å². The number of methoxy groups -OCH3 is 1. The number of carbonyl (C=O) groups excluding carboxylic acids is 1. The minimum Gasteiger partial charge on any atom is -0.497 e. The second kappa shape index (κ2) is 9.88. The zero-order chi connectivity index (χ0) is 20.9. The molecule has 1 aliphatic rings. The van der Waals surface area contributed by atoms with E-state index in [9.17, 15) is 13.2 Å². The molecule has 2 heterocycles. The van der Waals surface area contributed by atoms with Crippen LogP contribution >= 0.6 is 23.1 Å². The average molecular weight is 457 g/mol. The van der Waals surface area contributed by atoms with Crippen LogP contribution in [0.3, 0.4) is 0 Å². The first kappa shape index (κ1) is 22.0. The van der Waals surface area contributed by atoms with Crippen molar-refractivity contribution in [2.24, 2.45) is 5.92 Å². The molecule has 1 aromatic heterocycles. The molecule has 11 heteroatoms. The smallest absolute Gasteiger partial charge is 0.243 e. The standard InChI is InChI=1S/C18H24N4O4S3/c1-3-11-27-18-21-20-17(28-18)19-16(23)13-5-4-10-22(12-13)29(24,25)15-8-6-14(26-2)7-9-15/h6-9,13H,3-5,10-12H2,1-2H3,(H,19,20,23)/t13-/m0/s1. The van der Waals surface area contributed by atoms with Gasteiger partial charge in [0.1, 0.15) is 5.75 Å². The number of thioether (sulfide) groups is 1. The molecule has 1 amide bonds. The number of hydrogen-bond acceptors (Lipinski definition) is 8. The fourth-order valence-corrected chi connectivity index (χ4v) is 6.19. The number of anilines is 1. The minimum atomic E-state index is -3.66. The fraction of sp³-hybridized carbons (Fsp3) is 0.500. The number of rotatable bonds is 8. The van der Waals surface area contributed by atoms with E-state index in [4.69, 9.17) is 4.74 Å². The van der Waals surface area contributed by atoms with Gasteiger partial charge >= 0.3 is 0 Å². The highest BCUT2D eigenvalue weighted by atomic mass is 32.2. The third kappa shape index (κ3) is 5.47. The van der Waals surface area contributed by atoms with Crippen LogP contribution in [-0.2, 0) is 14.8 Å². The molecule has 0 unspecified atom stereocenters. The van der Waals surface area contributed by atoms with Gasteiger partial charge in [-0.1, -0.05) is 30.0 Å². The van der Waals surface area contributed by atoms with Crippen molar-refractivity contribution < 1.29 is 17.9 Å². The highest BCUT2D eigenvalue weighted by Crippen LogP contribution is 2.28. The third-order valence-electron chi connectivity index (χ3n) is 4.52. The van der Waals surface area contributed by atoms with Crippen molar-refractivity contribution in [1.29, 1.82) is 0 Å². The maximum atomic E-state index is 12.9. The summed E-state index contributed by atoms with van der Waals surface area (Å²) in [5.41, 5.74) is 0. The highest BCUT2D eigenvalue weighted by Gasteiger charge is 2.33. The topological polar surface area (TPSA) is 101 Å². The summed E-state index contributed by atoms with van der Waals surface area (Å²) in [5, 5.41) is 11.3. The summed E-state index contributed by atoms with van der Waals surface area (Å²) in [6.45, 7) is 2.64. The van der Waals surface area contributed by atoms with Crippen LogP contribution in [0, 0.1) is 5.92 Å². The zero-order valence-electron chi connectivity index (χ0n) is 16.3. The van der Waals surface area contributed by atoms with Gasteiger partial charge in [0.05, 0.1) is 17.9 Å². The number of carbonyl (C=O) groups is 1. The van der Waals surface area contributed by atoms with Crippen LogP contribution in [0.15, 0.2) is 33.5 Å². The van der Waals surface area contributed by atoms with Crippen molar-refractivity contribution in [2.45, 2.75) is 35.4 Å². The van der Waals surface area contributed by atoms with E-state index in [1.54, 1.807) is 23.9 Å². The Bertz CT molecular complexity index is 931. The van der Waals surface area contributed by atoms with Crippen LogP contribution in [0.4, 0.5) is 5.13 Å². The number of sulfonamides is 1. The molecule has 0 saturated carbocycles. The second-order valence-electron chi connectivity index (χ2n) is 6.59. The van der Waals surface area contributed by atoms with Crippen LogP contribution in [0.2, 0.25) is 0 Å². The van der Waals surface area contributed by atoms with Crippen LogP contribution in [0.5, 0.6) is 5.75 Å². The maximum Gasteiger partial charge on any atom is 0.243 e. The van der Waals surface area contributed by atoms with E-state index < -0.39 is 15.9 Å². The van der Waals surface area contributed by atoms with E-state index in [2.05, 4.69) is 22.4 Å². The lowest BCUT2D eigenvalue weighted by Gasteiger charge is -2.31. The first-order chi connectivity index (χ1) is 13.9. The van der Waals surface area contributed by atoms with Crippen LogP contribution in [-0.4, -0.2) is 54.8 Å². The van der Waals surface area contributed by atoms with Gasteiger partial charge in [-0.3, -0.25) is 4.79 Å². The summed E-state index contributed by atoms with van der Waals surface area (Å²) in [4.78, 5) is 12.9. The number of ether oxygens (including phenoxy) is 1. The Kier molecular flexibility index (Phi) is 7.49. The predicted octanol–water partition coefficient (Wildman–Crippen LogP) is 3.09. The van der Waals surface area contributed by atoms with Gasteiger partial charge in [-0.2, -0.15) is 4.31 Å². The zero-order valence-corrected chi connectivity index (χ0v) is 18.8. The Morgan fingerprint density at radius 1 is 1.34 bits per heavy atom. The van der Waals surface area contributed by atoms with E-state index in [1.807, 2.05) is 0 Å². The van der Waals surface area contributed by atoms with Crippen molar-refractivity contribution in [2.75, 3.05) is 31.3 Å². The largest absolute Gasteiger partial charge is 0.497 e. The summed E-state index contributed by atoms with van der Waals surface area (Å²) >= 11 is 2.94. The molecule has 0 spiro atoms. The van der Waals surface area contributed by atoms with Gasteiger partial charge in [0.2, 0.25) is 21.1 Å². The van der Waals surface area contributed by atoms with E-state index in [0.717, 1.165) is 16.5 Å². The number of benzene rings is 1. The lowest BCUT2D eigenvalue weighted by Crippen LogP contribution is -2.43. The second-order valence-corrected chi connectivity index (χ2v) is 10.8. The molecule has 1 N–H and O–H groups in total. The van der Waals surface area contributed by atoms with Crippen molar-refractivity contribution in [3.05, 3.63) is 24.3 Å². The summed E-state index contributed by atoms with van der Waals surface area (Å²) in [5.74, 6) is 0.896. The first-order valence-corrected chi connectivity index (χ1v) is 12.6. The average Bonchev–Trinajstić information content (AvgIpc) is 3.19. The molecule has 1 fully saturated rings. The third-order valence-corrected chi connectivity index (χ3v) is 8.58. The Balaban J connectivity index is 1.64. The van der Waals surface area contributed by atoms with Crippen molar-refractivity contribution in [3.8, 4) is 5.75 Å². The molecular formula is C18H24N4O4S3. The van der Waals surface area contributed by atoms with Crippen LogP contribution < -0.4 is 10.1 Å². The summed E-state index contributed by atoms with van der Waals surface area (Å²) in [7, 11) is -2.13. The molecule has 0 radical (unpaired) electrons.